The number of phenols is 1. The lowest BCUT2D eigenvalue weighted by atomic mass is 9.92. The lowest BCUT2D eigenvalue weighted by molar-refractivity contribution is -0.527. The summed E-state index contributed by atoms with van der Waals surface area (Å²) in [5, 5.41) is 21.8. The van der Waals surface area contributed by atoms with E-state index in [1.807, 2.05) is 0 Å². The molecular formula is C33H45N2O5+. The number of rotatable bonds is 14. The van der Waals surface area contributed by atoms with E-state index < -0.39 is 23.3 Å². The number of benzene rings is 1. The smallest absolute Gasteiger partial charge is 0.234 e. The lowest BCUT2D eigenvalue weighted by Crippen LogP contribution is -2.25. The van der Waals surface area contributed by atoms with Gasteiger partial charge in [0.1, 0.15) is 30.5 Å². The SMILES string of the molecule is CCCCN(CCCC)c1ccc(C2C(=O)C(=O)/C(=C3/C=CC(=[N+](CCCC)CCCC)C=C3O)C2=O)c(O)c1. The average molecular weight is 550 g/mol. The van der Waals surface area contributed by atoms with Crippen LogP contribution in [-0.2, 0) is 14.4 Å². The van der Waals surface area contributed by atoms with Gasteiger partial charge in [-0.05, 0) is 25.0 Å². The van der Waals surface area contributed by atoms with Gasteiger partial charge in [-0.25, -0.2) is 4.58 Å². The molecule has 1 fully saturated rings. The Kier molecular flexibility index (Phi) is 11.5. The quantitative estimate of drug-likeness (QED) is 0.0976. The molecule has 1 unspecified atom stereocenters. The highest BCUT2D eigenvalue weighted by Gasteiger charge is 2.48. The number of unbranched alkanes of at least 4 members (excludes halogenated alkanes) is 4. The van der Waals surface area contributed by atoms with Crippen LogP contribution in [0.3, 0.4) is 0 Å². The second-order valence-corrected chi connectivity index (χ2v) is 10.7. The standard InChI is InChI=1S/C33H44N2O5/c1-5-9-17-34(18-10-6-2)23-13-15-25(27(36)21-23)29-31(38)30(33(40)32(29)39)26-16-14-24(22-28(26)37)35(19-11-7-3)20-12-8-4/h13-16,21-22,29,36H,5-12,17-20H2,1-4H3/p+1/b30-26-. The number of nitrogens with zero attached hydrogens (tertiary/aromatic N) is 2. The Hall–Kier alpha value is -3.48. The molecule has 1 aromatic carbocycles. The van der Waals surface area contributed by atoms with Crippen molar-refractivity contribution >= 4 is 28.7 Å². The molecule has 7 nitrogen and oxygen atoms in total. The van der Waals surface area contributed by atoms with E-state index in [4.69, 9.17) is 0 Å². The monoisotopic (exact) mass is 549 g/mol. The Morgan fingerprint density at radius 1 is 0.800 bits per heavy atom. The van der Waals surface area contributed by atoms with Gasteiger partial charge in [0.25, 0.3) is 0 Å². The summed E-state index contributed by atoms with van der Waals surface area (Å²) in [6.07, 6.45) is 13.1. The number of aliphatic hydroxyl groups is 1. The van der Waals surface area contributed by atoms with Crippen LogP contribution in [0.25, 0.3) is 0 Å². The molecule has 3 rings (SSSR count). The highest BCUT2D eigenvalue weighted by atomic mass is 16.3. The van der Waals surface area contributed by atoms with Gasteiger partial charge in [-0.1, -0.05) is 59.4 Å². The Balaban J connectivity index is 1.94. The van der Waals surface area contributed by atoms with E-state index in [1.165, 1.54) is 0 Å². The first-order valence-electron chi connectivity index (χ1n) is 14.9. The first-order chi connectivity index (χ1) is 19.3. The molecule has 40 heavy (non-hydrogen) atoms. The van der Waals surface area contributed by atoms with Crippen LogP contribution in [0.5, 0.6) is 5.75 Å². The molecule has 7 heteroatoms. The van der Waals surface area contributed by atoms with Crippen LogP contribution in [0.15, 0.2) is 53.3 Å². The highest BCUT2D eigenvalue weighted by Crippen LogP contribution is 2.39. The lowest BCUT2D eigenvalue weighted by Gasteiger charge is -2.25. The van der Waals surface area contributed by atoms with Gasteiger partial charge >= 0.3 is 0 Å². The summed E-state index contributed by atoms with van der Waals surface area (Å²) >= 11 is 0. The van der Waals surface area contributed by atoms with Gasteiger partial charge in [0.15, 0.2) is 5.78 Å². The fourth-order valence-corrected chi connectivity index (χ4v) is 5.20. The first-order valence-corrected chi connectivity index (χ1v) is 14.9. The van der Waals surface area contributed by atoms with E-state index >= 15 is 0 Å². The zero-order valence-electron chi connectivity index (χ0n) is 24.5. The number of ketones is 3. The largest absolute Gasteiger partial charge is 0.508 e. The number of aliphatic hydroxyl groups excluding tert-OH is 1. The number of hydrogen-bond acceptors (Lipinski definition) is 6. The summed E-state index contributed by atoms with van der Waals surface area (Å²) in [7, 11) is 0. The molecule has 0 bridgehead atoms. The predicted molar refractivity (Wildman–Crippen MR) is 160 cm³/mol. The van der Waals surface area contributed by atoms with Crippen molar-refractivity contribution in [3.8, 4) is 5.75 Å². The number of allylic oxidation sites excluding steroid dienone is 4. The Morgan fingerprint density at radius 3 is 1.93 bits per heavy atom. The molecule has 1 atom stereocenters. The van der Waals surface area contributed by atoms with Gasteiger partial charge in [0.05, 0.1) is 11.6 Å². The van der Waals surface area contributed by atoms with Crippen LogP contribution in [0.1, 0.15) is 90.5 Å². The van der Waals surface area contributed by atoms with Crippen molar-refractivity contribution in [3.05, 3.63) is 58.9 Å². The average Bonchev–Trinajstić information content (AvgIpc) is 3.16. The second-order valence-electron chi connectivity index (χ2n) is 10.7. The number of phenolic OH excluding ortho intramolecular Hbond substituents is 1. The van der Waals surface area contributed by atoms with E-state index in [-0.39, 0.29) is 28.2 Å². The molecule has 216 valence electrons. The fraction of sp³-hybridized carbons (Fsp3) is 0.515. The minimum Gasteiger partial charge on any atom is -0.508 e. The number of hydrogen-bond donors (Lipinski definition) is 2. The van der Waals surface area contributed by atoms with Crippen LogP contribution in [0, 0.1) is 0 Å². The molecule has 1 aromatic rings. The first kappa shape index (κ1) is 31.1. The fourth-order valence-electron chi connectivity index (χ4n) is 5.20. The molecule has 0 saturated heterocycles. The molecular weight excluding hydrogens is 504 g/mol. The molecule has 0 amide bonds. The molecule has 2 N–H and O–H groups in total. The van der Waals surface area contributed by atoms with Gasteiger partial charge in [-0.2, -0.15) is 0 Å². The molecule has 0 spiro atoms. The maximum absolute atomic E-state index is 13.5. The van der Waals surface area contributed by atoms with Gasteiger partial charge in [0.2, 0.25) is 17.3 Å². The maximum atomic E-state index is 13.5. The van der Waals surface area contributed by atoms with Crippen molar-refractivity contribution in [2.24, 2.45) is 0 Å². The Labute approximate surface area is 238 Å². The molecule has 1 saturated carbocycles. The summed E-state index contributed by atoms with van der Waals surface area (Å²) in [6, 6.07) is 4.96. The van der Waals surface area contributed by atoms with E-state index in [0.29, 0.717) is 0 Å². The van der Waals surface area contributed by atoms with Crippen molar-refractivity contribution in [2.75, 3.05) is 31.1 Å². The molecule has 0 radical (unpaired) electrons. The topological polar surface area (TPSA) is 97.9 Å². The summed E-state index contributed by atoms with van der Waals surface area (Å²) in [5.74, 6) is -4.30. The summed E-state index contributed by atoms with van der Waals surface area (Å²) < 4.78 is 2.19. The predicted octanol–water partition coefficient (Wildman–Crippen LogP) is 5.97. The molecule has 2 aliphatic rings. The van der Waals surface area contributed by atoms with E-state index in [2.05, 4.69) is 37.2 Å². The van der Waals surface area contributed by atoms with Crippen molar-refractivity contribution < 1.29 is 29.2 Å². The molecule has 0 aliphatic heterocycles. The number of carbonyl (C=O) groups is 3. The van der Waals surface area contributed by atoms with E-state index in [0.717, 1.165) is 88.9 Å². The van der Waals surface area contributed by atoms with Crippen LogP contribution < -0.4 is 4.90 Å². The molecule has 2 aliphatic carbocycles. The summed E-state index contributed by atoms with van der Waals surface area (Å²) in [4.78, 5) is 41.8. The Morgan fingerprint density at radius 2 is 1.40 bits per heavy atom. The second kappa shape index (κ2) is 14.8. The van der Waals surface area contributed by atoms with Crippen LogP contribution >= 0.6 is 0 Å². The number of Topliss-reactive ketones (excluding diaryl/α,β-unsaturated/α-hetero) is 3. The third kappa shape index (κ3) is 6.98. The van der Waals surface area contributed by atoms with Gasteiger partial charge in [0, 0.05) is 54.9 Å². The Bertz CT molecular complexity index is 1220. The van der Waals surface area contributed by atoms with Gasteiger partial charge < -0.3 is 15.1 Å². The van der Waals surface area contributed by atoms with Crippen LogP contribution in [-0.4, -0.2) is 64.0 Å². The molecule has 0 heterocycles. The maximum Gasteiger partial charge on any atom is 0.234 e. The summed E-state index contributed by atoms with van der Waals surface area (Å²) in [5.41, 5.74) is 1.49. The van der Waals surface area contributed by atoms with Crippen LogP contribution in [0.4, 0.5) is 5.69 Å². The van der Waals surface area contributed by atoms with E-state index in [1.54, 1.807) is 36.4 Å². The minimum absolute atomic E-state index is 0.0574. The number of carbonyl (C=O) groups excluding carboxylic acids is 3. The van der Waals surface area contributed by atoms with Crippen molar-refractivity contribution in [3.63, 3.8) is 0 Å². The van der Waals surface area contributed by atoms with E-state index in [9.17, 15) is 24.6 Å². The third-order valence-corrected chi connectivity index (χ3v) is 7.65. The van der Waals surface area contributed by atoms with Crippen LogP contribution in [0.2, 0.25) is 0 Å². The highest BCUT2D eigenvalue weighted by molar-refractivity contribution is 6.61. The minimum atomic E-state index is -1.42. The zero-order chi connectivity index (χ0) is 29.2. The molecule has 0 aromatic heterocycles. The summed E-state index contributed by atoms with van der Waals surface area (Å²) in [6.45, 7) is 11.9. The van der Waals surface area contributed by atoms with Gasteiger partial charge in [-0.15, -0.1) is 0 Å². The number of aromatic hydroxyl groups is 1. The van der Waals surface area contributed by atoms with Crippen molar-refractivity contribution in [1.82, 2.24) is 0 Å². The third-order valence-electron chi connectivity index (χ3n) is 7.65. The van der Waals surface area contributed by atoms with Gasteiger partial charge in [-0.3, -0.25) is 14.4 Å². The number of anilines is 1. The van der Waals surface area contributed by atoms with Crippen molar-refractivity contribution in [1.29, 1.82) is 0 Å². The zero-order valence-corrected chi connectivity index (χ0v) is 24.5. The normalized spacial score (nSPS) is 19.0. The van der Waals surface area contributed by atoms with Crippen molar-refractivity contribution in [2.45, 2.75) is 85.0 Å².